The normalized spacial score (nSPS) is 13.4. The highest BCUT2D eigenvalue weighted by molar-refractivity contribution is 8.00. The van der Waals surface area contributed by atoms with Gasteiger partial charge in [-0.05, 0) is 18.1 Å². The van der Waals surface area contributed by atoms with Gasteiger partial charge < -0.3 is 5.32 Å². The molecule has 0 spiro atoms. The van der Waals surface area contributed by atoms with E-state index in [-0.39, 0.29) is 5.91 Å². The van der Waals surface area contributed by atoms with Crippen molar-refractivity contribution in [2.45, 2.75) is 32.2 Å². The van der Waals surface area contributed by atoms with Crippen LogP contribution in [0.1, 0.15) is 26.3 Å². The minimum absolute atomic E-state index is 0.0625. The van der Waals surface area contributed by atoms with Gasteiger partial charge in [0.05, 0.1) is 11.4 Å². The second kappa shape index (κ2) is 5.75. The minimum atomic E-state index is 0.0625. The van der Waals surface area contributed by atoms with Crippen LogP contribution in [0.3, 0.4) is 0 Å². The summed E-state index contributed by atoms with van der Waals surface area (Å²) >= 11 is 1.49. The number of rotatable bonds is 1. The SMILES string of the molecule is CC.CCc1cnc2c(c1)NC(=O)CS2. The average molecular weight is 224 g/mol. The van der Waals surface area contributed by atoms with Crippen LogP contribution in [0.2, 0.25) is 0 Å². The van der Waals surface area contributed by atoms with Gasteiger partial charge in [-0.3, -0.25) is 4.79 Å². The van der Waals surface area contributed by atoms with Crippen molar-refractivity contribution in [1.29, 1.82) is 0 Å². The monoisotopic (exact) mass is 224 g/mol. The first-order valence-electron chi connectivity index (χ1n) is 5.21. The van der Waals surface area contributed by atoms with E-state index in [1.165, 1.54) is 11.8 Å². The Morgan fingerprint density at radius 1 is 1.53 bits per heavy atom. The van der Waals surface area contributed by atoms with Crippen LogP contribution >= 0.6 is 11.8 Å². The predicted molar refractivity (Wildman–Crippen MR) is 64.3 cm³/mol. The molecule has 0 saturated heterocycles. The number of anilines is 1. The van der Waals surface area contributed by atoms with Gasteiger partial charge in [0.15, 0.2) is 0 Å². The van der Waals surface area contributed by atoms with Gasteiger partial charge in [0.1, 0.15) is 5.03 Å². The van der Waals surface area contributed by atoms with Crippen molar-refractivity contribution in [3.8, 4) is 0 Å². The summed E-state index contributed by atoms with van der Waals surface area (Å²) in [5, 5.41) is 3.74. The lowest BCUT2D eigenvalue weighted by Gasteiger charge is -2.15. The third kappa shape index (κ3) is 2.96. The lowest BCUT2D eigenvalue weighted by molar-refractivity contribution is -0.113. The van der Waals surface area contributed by atoms with Crippen LogP contribution in [0.5, 0.6) is 0 Å². The van der Waals surface area contributed by atoms with Gasteiger partial charge in [0.2, 0.25) is 5.91 Å². The molecule has 1 aromatic rings. The molecule has 0 unspecified atom stereocenters. The lowest BCUT2D eigenvalue weighted by atomic mass is 10.2. The van der Waals surface area contributed by atoms with Gasteiger partial charge in [0.25, 0.3) is 0 Å². The highest BCUT2D eigenvalue weighted by atomic mass is 32.2. The molecule has 0 radical (unpaired) electrons. The molecule has 0 saturated carbocycles. The van der Waals surface area contributed by atoms with E-state index < -0.39 is 0 Å². The van der Waals surface area contributed by atoms with E-state index >= 15 is 0 Å². The Labute approximate surface area is 94.7 Å². The van der Waals surface area contributed by atoms with E-state index in [4.69, 9.17) is 0 Å². The average Bonchev–Trinajstić information content (AvgIpc) is 2.30. The maximum absolute atomic E-state index is 11.1. The molecule has 15 heavy (non-hydrogen) atoms. The minimum Gasteiger partial charge on any atom is -0.323 e. The summed E-state index contributed by atoms with van der Waals surface area (Å²) in [6.07, 6.45) is 2.81. The number of carbonyl (C=O) groups is 1. The van der Waals surface area contributed by atoms with Gasteiger partial charge in [-0.25, -0.2) is 4.98 Å². The Kier molecular flexibility index (Phi) is 4.62. The number of pyridine rings is 1. The molecule has 0 aliphatic carbocycles. The summed E-state index contributed by atoms with van der Waals surface area (Å²) < 4.78 is 0. The molecule has 2 heterocycles. The fourth-order valence-electron chi connectivity index (χ4n) is 1.21. The predicted octanol–water partition coefficient (Wildman–Crippen LogP) is 2.71. The number of thioether (sulfide) groups is 1. The fourth-order valence-corrected chi connectivity index (χ4v) is 1.95. The number of carbonyl (C=O) groups excluding carboxylic acids is 1. The number of aromatic nitrogens is 1. The largest absolute Gasteiger partial charge is 0.323 e. The smallest absolute Gasteiger partial charge is 0.234 e. The van der Waals surface area contributed by atoms with Crippen molar-refractivity contribution in [1.82, 2.24) is 4.98 Å². The summed E-state index contributed by atoms with van der Waals surface area (Å²) in [6.45, 7) is 6.07. The van der Waals surface area contributed by atoms with Gasteiger partial charge in [0, 0.05) is 6.20 Å². The molecule has 1 aromatic heterocycles. The Balaban J connectivity index is 0.000000531. The van der Waals surface area contributed by atoms with Gasteiger partial charge in [-0.1, -0.05) is 32.5 Å². The highest BCUT2D eigenvalue weighted by Crippen LogP contribution is 2.29. The van der Waals surface area contributed by atoms with Gasteiger partial charge >= 0.3 is 0 Å². The zero-order chi connectivity index (χ0) is 11.3. The summed E-state index contributed by atoms with van der Waals surface area (Å²) in [5.74, 6) is 0.540. The highest BCUT2D eigenvalue weighted by Gasteiger charge is 2.16. The molecule has 4 heteroatoms. The van der Waals surface area contributed by atoms with Crippen molar-refractivity contribution < 1.29 is 4.79 Å². The number of aryl methyl sites for hydroxylation is 1. The Morgan fingerprint density at radius 3 is 2.93 bits per heavy atom. The number of fused-ring (bicyclic) bond motifs is 1. The standard InChI is InChI=1S/C9H10N2OS.C2H6/c1-2-6-3-7-9(10-4-6)13-5-8(12)11-7;1-2/h3-4H,2,5H2,1H3,(H,11,12);1-2H3. The molecule has 0 aromatic carbocycles. The number of nitrogens with zero attached hydrogens (tertiary/aromatic N) is 1. The van der Waals surface area contributed by atoms with Crippen molar-refractivity contribution in [2.24, 2.45) is 0 Å². The molecule has 2 rings (SSSR count). The number of nitrogens with one attached hydrogen (secondary N) is 1. The maximum atomic E-state index is 11.1. The molecular formula is C11H16N2OS. The first kappa shape index (κ1) is 12.0. The molecule has 0 fully saturated rings. The van der Waals surface area contributed by atoms with Gasteiger partial charge in [-0.2, -0.15) is 0 Å². The second-order valence-electron chi connectivity index (χ2n) is 2.89. The van der Waals surface area contributed by atoms with E-state index in [9.17, 15) is 4.79 Å². The van der Waals surface area contributed by atoms with E-state index in [1.807, 2.05) is 26.1 Å². The summed E-state index contributed by atoms with van der Waals surface area (Å²) in [4.78, 5) is 15.3. The Hall–Kier alpha value is -1.03. The molecule has 1 aliphatic rings. The zero-order valence-corrected chi connectivity index (χ0v) is 10.1. The molecule has 82 valence electrons. The first-order chi connectivity index (χ1) is 7.29. The Bertz CT molecular complexity index is 352. The van der Waals surface area contributed by atoms with E-state index in [2.05, 4.69) is 17.2 Å². The third-order valence-electron chi connectivity index (χ3n) is 1.93. The van der Waals surface area contributed by atoms with Crippen LogP contribution < -0.4 is 5.32 Å². The van der Waals surface area contributed by atoms with E-state index in [1.54, 1.807) is 0 Å². The molecule has 1 aliphatic heterocycles. The van der Waals surface area contributed by atoms with Crippen molar-refractivity contribution in [3.05, 3.63) is 17.8 Å². The molecular weight excluding hydrogens is 208 g/mol. The van der Waals surface area contributed by atoms with Crippen LogP contribution in [-0.4, -0.2) is 16.6 Å². The number of hydrogen-bond donors (Lipinski definition) is 1. The zero-order valence-electron chi connectivity index (χ0n) is 9.33. The summed E-state index contributed by atoms with van der Waals surface area (Å²) in [5.41, 5.74) is 2.02. The van der Waals surface area contributed by atoms with Crippen molar-refractivity contribution in [3.63, 3.8) is 0 Å². The lowest BCUT2D eigenvalue weighted by Crippen LogP contribution is -2.19. The first-order valence-corrected chi connectivity index (χ1v) is 6.19. The van der Waals surface area contributed by atoms with Crippen LogP contribution in [0, 0.1) is 0 Å². The fraction of sp³-hybridized carbons (Fsp3) is 0.455. The summed E-state index contributed by atoms with van der Waals surface area (Å²) in [6, 6.07) is 1.99. The third-order valence-corrected chi connectivity index (χ3v) is 2.94. The van der Waals surface area contributed by atoms with E-state index in [0.717, 1.165) is 22.7 Å². The summed E-state index contributed by atoms with van der Waals surface area (Å²) in [7, 11) is 0. The van der Waals surface area contributed by atoms with E-state index in [0.29, 0.717) is 5.75 Å². The Morgan fingerprint density at radius 2 is 2.27 bits per heavy atom. The van der Waals surface area contributed by atoms with Gasteiger partial charge in [-0.15, -0.1) is 0 Å². The van der Waals surface area contributed by atoms with Crippen molar-refractivity contribution in [2.75, 3.05) is 11.1 Å². The number of hydrogen-bond acceptors (Lipinski definition) is 3. The molecule has 0 bridgehead atoms. The van der Waals surface area contributed by atoms with Crippen molar-refractivity contribution >= 4 is 23.4 Å². The van der Waals surface area contributed by atoms with Crippen LogP contribution in [-0.2, 0) is 11.2 Å². The molecule has 1 N–H and O–H groups in total. The molecule has 0 atom stereocenters. The van der Waals surface area contributed by atoms with Crippen LogP contribution in [0.15, 0.2) is 17.3 Å². The topological polar surface area (TPSA) is 42.0 Å². The maximum Gasteiger partial charge on any atom is 0.234 e. The molecule has 3 nitrogen and oxygen atoms in total. The second-order valence-corrected chi connectivity index (χ2v) is 3.85. The van der Waals surface area contributed by atoms with Crippen LogP contribution in [0.4, 0.5) is 5.69 Å². The quantitative estimate of drug-likeness (QED) is 0.797. The number of amides is 1. The van der Waals surface area contributed by atoms with Crippen LogP contribution in [0.25, 0.3) is 0 Å². The molecule has 1 amide bonds.